The molecule has 0 radical (unpaired) electrons. The molecule has 1 aromatic heterocycles. The molecule has 7 heteroatoms. The highest BCUT2D eigenvalue weighted by Gasteiger charge is 2.20. The van der Waals surface area contributed by atoms with Crippen molar-refractivity contribution in [3.8, 4) is 17.1 Å². The van der Waals surface area contributed by atoms with Gasteiger partial charge in [-0.25, -0.2) is 0 Å². The number of carbonyl (C=O) groups is 1. The summed E-state index contributed by atoms with van der Waals surface area (Å²) in [4.78, 5) is 14.7. The maximum absolute atomic E-state index is 12.9. The minimum absolute atomic E-state index is 0.0418. The number of benzene rings is 2. The summed E-state index contributed by atoms with van der Waals surface area (Å²) < 4.78 is 7.10. The third-order valence-electron chi connectivity index (χ3n) is 4.33. The maximum atomic E-state index is 12.9. The van der Waals surface area contributed by atoms with Crippen molar-refractivity contribution in [2.24, 2.45) is 7.05 Å². The van der Waals surface area contributed by atoms with E-state index in [2.05, 4.69) is 10.2 Å². The van der Waals surface area contributed by atoms with E-state index in [-0.39, 0.29) is 11.9 Å². The van der Waals surface area contributed by atoms with Gasteiger partial charge in [-0.05, 0) is 50.2 Å². The Morgan fingerprint density at radius 3 is 2.39 bits per heavy atom. The zero-order valence-corrected chi connectivity index (χ0v) is 17.3. The SMILES string of the molecule is COc1ccc(-c2nnc(SCC(=O)N(c3ccccc3)C(C)C)n2C)cc1. The van der Waals surface area contributed by atoms with Crippen molar-refractivity contribution in [2.45, 2.75) is 25.0 Å². The zero-order valence-electron chi connectivity index (χ0n) is 16.5. The fourth-order valence-electron chi connectivity index (χ4n) is 2.95. The van der Waals surface area contributed by atoms with Gasteiger partial charge in [-0.2, -0.15) is 0 Å². The molecule has 1 amide bonds. The number of nitrogens with zero attached hydrogens (tertiary/aromatic N) is 4. The molecule has 28 heavy (non-hydrogen) atoms. The van der Waals surface area contributed by atoms with E-state index in [1.807, 2.05) is 85.0 Å². The standard InChI is InChI=1S/C21H24N4O2S/c1-15(2)25(17-8-6-5-7-9-17)19(26)14-28-21-23-22-20(24(21)3)16-10-12-18(27-4)13-11-16/h5-13,15H,14H2,1-4H3. The lowest BCUT2D eigenvalue weighted by Gasteiger charge is -2.26. The Hall–Kier alpha value is -2.80. The molecule has 0 N–H and O–H groups in total. The zero-order chi connectivity index (χ0) is 20.1. The number of ether oxygens (including phenoxy) is 1. The summed E-state index contributed by atoms with van der Waals surface area (Å²) in [5.41, 5.74) is 1.85. The number of amides is 1. The average molecular weight is 397 g/mol. The number of carbonyl (C=O) groups excluding carboxylic acids is 1. The van der Waals surface area contributed by atoms with Crippen LogP contribution >= 0.6 is 11.8 Å². The van der Waals surface area contributed by atoms with Crippen LogP contribution < -0.4 is 9.64 Å². The number of para-hydroxylation sites is 1. The number of rotatable bonds is 7. The van der Waals surface area contributed by atoms with Crippen LogP contribution in [0, 0.1) is 0 Å². The Kier molecular flexibility index (Phi) is 6.36. The van der Waals surface area contributed by atoms with Crippen LogP contribution in [0.25, 0.3) is 11.4 Å². The van der Waals surface area contributed by atoms with Gasteiger partial charge in [0, 0.05) is 24.3 Å². The second-order valence-electron chi connectivity index (χ2n) is 6.58. The number of hydrogen-bond donors (Lipinski definition) is 0. The summed E-state index contributed by atoms with van der Waals surface area (Å²) in [5, 5.41) is 9.25. The number of hydrogen-bond acceptors (Lipinski definition) is 5. The molecule has 0 bridgehead atoms. The second-order valence-corrected chi connectivity index (χ2v) is 7.52. The fraction of sp³-hybridized carbons (Fsp3) is 0.286. The quantitative estimate of drug-likeness (QED) is 0.565. The molecule has 0 fully saturated rings. The van der Waals surface area contributed by atoms with Gasteiger partial charge in [-0.3, -0.25) is 4.79 Å². The summed E-state index contributed by atoms with van der Waals surface area (Å²) in [7, 11) is 3.54. The van der Waals surface area contributed by atoms with Crippen LogP contribution in [0.2, 0.25) is 0 Å². The molecular weight excluding hydrogens is 372 g/mol. The van der Waals surface area contributed by atoms with E-state index in [1.54, 1.807) is 7.11 Å². The lowest BCUT2D eigenvalue weighted by molar-refractivity contribution is -0.116. The first-order valence-corrected chi connectivity index (χ1v) is 10.0. The average Bonchev–Trinajstić information content (AvgIpc) is 3.07. The van der Waals surface area contributed by atoms with E-state index in [0.29, 0.717) is 10.9 Å². The van der Waals surface area contributed by atoms with E-state index >= 15 is 0 Å². The second kappa shape index (κ2) is 8.93. The molecule has 0 unspecified atom stereocenters. The number of methoxy groups -OCH3 is 1. The van der Waals surface area contributed by atoms with Crippen LogP contribution in [0.4, 0.5) is 5.69 Å². The number of anilines is 1. The van der Waals surface area contributed by atoms with E-state index < -0.39 is 0 Å². The first kappa shape index (κ1) is 19.9. The van der Waals surface area contributed by atoms with Crippen molar-refractivity contribution in [1.29, 1.82) is 0 Å². The van der Waals surface area contributed by atoms with Crippen LogP contribution in [0.15, 0.2) is 59.8 Å². The van der Waals surface area contributed by atoms with Gasteiger partial charge in [0.2, 0.25) is 5.91 Å². The van der Waals surface area contributed by atoms with Crippen molar-refractivity contribution in [3.05, 3.63) is 54.6 Å². The largest absolute Gasteiger partial charge is 0.497 e. The van der Waals surface area contributed by atoms with Crippen molar-refractivity contribution in [3.63, 3.8) is 0 Å². The van der Waals surface area contributed by atoms with Crippen LogP contribution in [0.1, 0.15) is 13.8 Å². The Labute approximate surface area is 169 Å². The van der Waals surface area contributed by atoms with Gasteiger partial charge in [0.1, 0.15) is 5.75 Å². The van der Waals surface area contributed by atoms with Gasteiger partial charge >= 0.3 is 0 Å². The van der Waals surface area contributed by atoms with E-state index in [1.165, 1.54) is 11.8 Å². The Balaban J connectivity index is 1.72. The summed E-state index contributed by atoms with van der Waals surface area (Å²) in [6, 6.07) is 17.5. The van der Waals surface area contributed by atoms with Gasteiger partial charge in [-0.1, -0.05) is 30.0 Å². The third-order valence-corrected chi connectivity index (χ3v) is 5.33. The highest BCUT2D eigenvalue weighted by molar-refractivity contribution is 7.99. The molecule has 3 aromatic rings. The first-order valence-electron chi connectivity index (χ1n) is 9.05. The molecule has 0 atom stereocenters. The Morgan fingerprint density at radius 1 is 1.11 bits per heavy atom. The third kappa shape index (κ3) is 4.36. The summed E-state index contributed by atoms with van der Waals surface area (Å²) in [5.74, 6) is 1.88. The molecule has 6 nitrogen and oxygen atoms in total. The summed E-state index contributed by atoms with van der Waals surface area (Å²) in [6.07, 6.45) is 0. The van der Waals surface area contributed by atoms with Gasteiger partial charge < -0.3 is 14.2 Å². The van der Waals surface area contributed by atoms with Crippen LogP contribution in [-0.4, -0.2) is 39.6 Å². The molecule has 0 spiro atoms. The lowest BCUT2D eigenvalue weighted by atomic mass is 10.2. The minimum atomic E-state index is 0.0418. The van der Waals surface area contributed by atoms with E-state index in [4.69, 9.17) is 4.74 Å². The van der Waals surface area contributed by atoms with Gasteiger partial charge in [0.05, 0.1) is 12.9 Å². The predicted octanol–water partition coefficient (Wildman–Crippen LogP) is 4.02. The minimum Gasteiger partial charge on any atom is -0.497 e. The van der Waals surface area contributed by atoms with E-state index in [9.17, 15) is 4.79 Å². The molecule has 0 saturated carbocycles. The fourth-order valence-corrected chi connectivity index (χ4v) is 3.72. The summed E-state index contributed by atoms with van der Waals surface area (Å²) >= 11 is 1.39. The molecular formula is C21H24N4O2S. The number of thioether (sulfide) groups is 1. The van der Waals surface area contributed by atoms with Gasteiger partial charge in [-0.15, -0.1) is 10.2 Å². The molecule has 146 valence electrons. The summed E-state index contributed by atoms with van der Waals surface area (Å²) in [6.45, 7) is 4.03. The molecule has 3 rings (SSSR count). The molecule has 1 heterocycles. The Bertz CT molecular complexity index is 923. The smallest absolute Gasteiger partial charge is 0.237 e. The molecule has 0 aliphatic rings. The predicted molar refractivity (Wildman–Crippen MR) is 113 cm³/mol. The van der Waals surface area contributed by atoms with Crippen LogP contribution in [0.5, 0.6) is 5.75 Å². The highest BCUT2D eigenvalue weighted by atomic mass is 32.2. The van der Waals surface area contributed by atoms with Crippen molar-refractivity contribution in [1.82, 2.24) is 14.8 Å². The normalized spacial score (nSPS) is 10.9. The van der Waals surface area contributed by atoms with Crippen molar-refractivity contribution in [2.75, 3.05) is 17.8 Å². The number of aromatic nitrogens is 3. The molecule has 0 aliphatic carbocycles. The first-order chi connectivity index (χ1) is 13.5. The molecule has 2 aromatic carbocycles. The maximum Gasteiger partial charge on any atom is 0.237 e. The topological polar surface area (TPSA) is 60.3 Å². The van der Waals surface area contributed by atoms with Crippen molar-refractivity contribution < 1.29 is 9.53 Å². The Morgan fingerprint density at radius 2 is 1.79 bits per heavy atom. The molecule has 0 saturated heterocycles. The van der Waals surface area contributed by atoms with Gasteiger partial charge in [0.25, 0.3) is 0 Å². The van der Waals surface area contributed by atoms with Gasteiger partial charge in [0.15, 0.2) is 11.0 Å². The van der Waals surface area contributed by atoms with E-state index in [0.717, 1.165) is 22.8 Å². The lowest BCUT2D eigenvalue weighted by Crippen LogP contribution is -2.38. The van der Waals surface area contributed by atoms with Crippen molar-refractivity contribution >= 4 is 23.4 Å². The highest BCUT2D eigenvalue weighted by Crippen LogP contribution is 2.25. The molecule has 0 aliphatic heterocycles. The monoisotopic (exact) mass is 396 g/mol. The van der Waals surface area contributed by atoms with Crippen LogP contribution in [0.3, 0.4) is 0 Å². The van der Waals surface area contributed by atoms with Crippen LogP contribution in [-0.2, 0) is 11.8 Å².